The minimum absolute atomic E-state index is 0.294. The summed E-state index contributed by atoms with van der Waals surface area (Å²) in [6, 6.07) is -1.47. The van der Waals surface area contributed by atoms with Crippen LogP contribution in [0.5, 0.6) is 0 Å². The molecular weight excluding hydrogens is 266 g/mol. The van der Waals surface area contributed by atoms with Crippen LogP contribution < -0.4 is 21.7 Å². The minimum Gasteiger partial charge on any atom is -0.480 e. The quantitative estimate of drug-likeness (QED) is 0.108. The highest BCUT2D eigenvalue weighted by molar-refractivity contribution is 5.82. The van der Waals surface area contributed by atoms with Crippen LogP contribution >= 0.6 is 0 Å². The summed E-state index contributed by atoms with van der Waals surface area (Å²) in [6.07, 6.45) is 1.63. The number of amidine groups is 1. The number of carbonyl (C=O) groups is 2. The van der Waals surface area contributed by atoms with Crippen molar-refractivity contribution in [2.75, 3.05) is 19.6 Å². The second kappa shape index (κ2) is 10.9. The molecule has 0 saturated heterocycles. The number of unbranched alkanes of at least 4 members (excludes halogenated alkanes) is 1. The highest BCUT2D eigenvalue weighted by Gasteiger charge is 2.18. The first-order chi connectivity index (χ1) is 9.51. The summed E-state index contributed by atoms with van der Waals surface area (Å²) in [5, 5.41) is 28.0. The molecule has 0 bridgehead atoms. The summed E-state index contributed by atoms with van der Waals surface area (Å²) in [7, 11) is 0. The smallest absolute Gasteiger partial charge is 0.326 e. The fourth-order valence-corrected chi connectivity index (χ4v) is 1.43. The topological polar surface area (TPSA) is 149 Å². The maximum atomic E-state index is 11.3. The van der Waals surface area contributed by atoms with Gasteiger partial charge in [-0.15, -0.1) is 0 Å². The Balaban J connectivity index is 3.92. The highest BCUT2D eigenvalue weighted by atomic mass is 16.4. The lowest BCUT2D eigenvalue weighted by molar-refractivity contribution is -0.139. The van der Waals surface area contributed by atoms with E-state index < -0.39 is 18.0 Å². The zero-order chi connectivity index (χ0) is 15.4. The van der Waals surface area contributed by atoms with E-state index in [1.54, 1.807) is 6.92 Å². The van der Waals surface area contributed by atoms with Crippen molar-refractivity contribution in [3.8, 4) is 0 Å². The molecule has 0 saturated carbocycles. The van der Waals surface area contributed by atoms with Crippen molar-refractivity contribution >= 4 is 17.8 Å². The van der Waals surface area contributed by atoms with Gasteiger partial charge in [0.25, 0.3) is 0 Å². The molecule has 0 fully saturated rings. The number of nitrogens with two attached hydrogens (primary N) is 1. The molecule has 0 spiro atoms. The van der Waals surface area contributed by atoms with Crippen LogP contribution in [0.2, 0.25) is 0 Å². The first kappa shape index (κ1) is 18.0. The van der Waals surface area contributed by atoms with Crippen molar-refractivity contribution in [1.82, 2.24) is 16.0 Å². The first-order valence-electron chi connectivity index (χ1n) is 6.41. The van der Waals surface area contributed by atoms with Gasteiger partial charge in [0.05, 0.1) is 0 Å². The molecule has 0 radical (unpaired) electrons. The number of carboxylic acid groups (broad SMARTS) is 1. The number of carboxylic acids is 1. The summed E-state index contributed by atoms with van der Waals surface area (Å²) in [6.45, 7) is 2.77. The Kier molecular flexibility index (Phi) is 9.75. The van der Waals surface area contributed by atoms with Crippen LogP contribution in [0.3, 0.4) is 0 Å². The number of urea groups is 1. The molecule has 20 heavy (non-hydrogen) atoms. The van der Waals surface area contributed by atoms with Gasteiger partial charge in [-0.3, -0.25) is 0 Å². The average molecular weight is 289 g/mol. The molecule has 9 heteroatoms. The van der Waals surface area contributed by atoms with E-state index in [2.05, 4.69) is 21.1 Å². The lowest BCUT2D eigenvalue weighted by atomic mass is 10.1. The molecule has 1 atom stereocenters. The third-order valence-electron chi connectivity index (χ3n) is 2.48. The Labute approximate surface area is 117 Å². The van der Waals surface area contributed by atoms with E-state index in [9.17, 15) is 9.59 Å². The van der Waals surface area contributed by atoms with Crippen molar-refractivity contribution in [3.05, 3.63) is 0 Å². The minimum atomic E-state index is -1.08. The lowest BCUT2D eigenvalue weighted by Crippen LogP contribution is -2.47. The summed E-state index contributed by atoms with van der Waals surface area (Å²) in [5.41, 5.74) is 5.22. The van der Waals surface area contributed by atoms with Gasteiger partial charge in [-0.1, -0.05) is 5.16 Å². The van der Waals surface area contributed by atoms with Crippen molar-refractivity contribution in [2.45, 2.75) is 32.2 Å². The molecule has 7 N–H and O–H groups in total. The predicted molar refractivity (Wildman–Crippen MR) is 73.8 cm³/mol. The molecule has 116 valence electrons. The molecule has 0 aliphatic carbocycles. The molecule has 0 aromatic heterocycles. The Morgan fingerprint density at radius 3 is 2.50 bits per heavy atom. The number of carbonyl (C=O) groups excluding carboxylic acids is 1. The van der Waals surface area contributed by atoms with Crippen molar-refractivity contribution in [3.63, 3.8) is 0 Å². The number of nitrogens with zero attached hydrogens (tertiary/aromatic N) is 1. The molecule has 0 aromatic rings. The van der Waals surface area contributed by atoms with Gasteiger partial charge in [-0.25, -0.2) is 9.59 Å². The van der Waals surface area contributed by atoms with Crippen LogP contribution in [0.1, 0.15) is 26.2 Å². The first-order valence-corrected chi connectivity index (χ1v) is 6.41. The number of nitrogens with one attached hydrogen (secondary N) is 3. The van der Waals surface area contributed by atoms with Gasteiger partial charge >= 0.3 is 12.0 Å². The van der Waals surface area contributed by atoms with Crippen LogP contribution in [-0.2, 0) is 4.79 Å². The van der Waals surface area contributed by atoms with E-state index >= 15 is 0 Å². The third kappa shape index (κ3) is 8.97. The molecule has 9 nitrogen and oxygen atoms in total. The lowest BCUT2D eigenvalue weighted by Gasteiger charge is -2.15. The summed E-state index contributed by atoms with van der Waals surface area (Å²) >= 11 is 0. The van der Waals surface area contributed by atoms with Gasteiger partial charge in [0.1, 0.15) is 11.9 Å². The zero-order valence-corrected chi connectivity index (χ0v) is 11.6. The Morgan fingerprint density at radius 2 is 1.95 bits per heavy atom. The monoisotopic (exact) mass is 289 g/mol. The number of hydrogen-bond donors (Lipinski definition) is 6. The van der Waals surface area contributed by atoms with Crippen molar-refractivity contribution in [1.29, 1.82) is 0 Å². The Hall–Kier alpha value is -2.03. The van der Waals surface area contributed by atoms with E-state index in [-0.39, 0.29) is 0 Å². The maximum Gasteiger partial charge on any atom is 0.326 e. The van der Waals surface area contributed by atoms with Gasteiger partial charge in [0, 0.05) is 19.6 Å². The SMILES string of the molecule is C/C(=N\O)NCCCC[C@H](NC(=O)NCCN)C(=O)O. The van der Waals surface area contributed by atoms with Crippen LogP contribution in [0, 0.1) is 0 Å². The normalized spacial score (nSPS) is 12.6. The molecule has 0 rings (SSSR count). The van der Waals surface area contributed by atoms with Gasteiger partial charge in [-0.05, 0) is 26.2 Å². The second-order valence-electron chi connectivity index (χ2n) is 4.19. The number of aliphatic carboxylic acids is 1. The van der Waals surface area contributed by atoms with Crippen LogP contribution in [0.25, 0.3) is 0 Å². The third-order valence-corrected chi connectivity index (χ3v) is 2.48. The van der Waals surface area contributed by atoms with Crippen LogP contribution in [-0.4, -0.2) is 53.8 Å². The van der Waals surface area contributed by atoms with E-state index in [0.29, 0.717) is 44.7 Å². The van der Waals surface area contributed by atoms with Crippen molar-refractivity contribution < 1.29 is 19.9 Å². The van der Waals surface area contributed by atoms with E-state index in [1.807, 2.05) is 0 Å². The van der Waals surface area contributed by atoms with Crippen LogP contribution in [0.4, 0.5) is 4.79 Å². The van der Waals surface area contributed by atoms with Crippen molar-refractivity contribution in [2.24, 2.45) is 10.9 Å². The number of amides is 2. The molecule has 0 unspecified atom stereocenters. The molecular formula is C11H23N5O4. The van der Waals surface area contributed by atoms with Gasteiger partial charge in [-0.2, -0.15) is 0 Å². The molecule has 0 heterocycles. The van der Waals surface area contributed by atoms with Gasteiger partial charge < -0.3 is 32.0 Å². The highest BCUT2D eigenvalue weighted by Crippen LogP contribution is 2.01. The largest absolute Gasteiger partial charge is 0.480 e. The molecule has 0 aliphatic heterocycles. The van der Waals surface area contributed by atoms with E-state index in [4.69, 9.17) is 16.0 Å². The Morgan fingerprint density at radius 1 is 1.25 bits per heavy atom. The number of oxime groups is 1. The summed E-state index contributed by atoms with van der Waals surface area (Å²) in [5.74, 6) is -0.673. The molecule has 0 aliphatic rings. The standard InChI is InChI=1S/C11H23N5O4/c1-8(16-20)13-6-3-2-4-9(10(17)18)15-11(19)14-7-5-12/h9,20H,2-7,12H2,1H3,(H,13,16)(H,17,18)(H2,14,15,19)/t9-/m0/s1. The van der Waals surface area contributed by atoms with Gasteiger partial charge in [0.2, 0.25) is 0 Å². The number of rotatable bonds is 9. The van der Waals surface area contributed by atoms with E-state index in [1.165, 1.54) is 0 Å². The fraction of sp³-hybridized carbons (Fsp3) is 0.727. The predicted octanol–water partition coefficient (Wildman–Crippen LogP) is -0.735. The number of hydrogen-bond acceptors (Lipinski definition) is 5. The van der Waals surface area contributed by atoms with Gasteiger partial charge in [0.15, 0.2) is 0 Å². The summed E-state index contributed by atoms with van der Waals surface area (Å²) < 4.78 is 0. The maximum absolute atomic E-state index is 11.3. The molecule has 0 aromatic carbocycles. The van der Waals surface area contributed by atoms with E-state index in [0.717, 1.165) is 0 Å². The fourth-order valence-electron chi connectivity index (χ4n) is 1.43. The average Bonchev–Trinajstić information content (AvgIpc) is 2.42. The zero-order valence-electron chi connectivity index (χ0n) is 11.6. The Bertz CT molecular complexity index is 335. The molecule has 2 amide bonds. The van der Waals surface area contributed by atoms with Crippen LogP contribution in [0.15, 0.2) is 5.16 Å². The second-order valence-corrected chi connectivity index (χ2v) is 4.19. The summed E-state index contributed by atoms with van der Waals surface area (Å²) in [4.78, 5) is 22.3.